The fourth-order valence-electron chi connectivity index (χ4n) is 5.54. The van der Waals surface area contributed by atoms with E-state index in [4.69, 9.17) is 9.47 Å². The molecule has 0 aromatic rings. The van der Waals surface area contributed by atoms with Gasteiger partial charge in [-0.1, -0.05) is 25.5 Å². The minimum atomic E-state index is -0.494. The number of allylic oxidation sites excluding steroid dienone is 1. The predicted octanol–water partition coefficient (Wildman–Crippen LogP) is 3.64. The molecule has 4 rings (SSSR count). The molecule has 4 heteroatoms. The van der Waals surface area contributed by atoms with Crippen molar-refractivity contribution in [1.29, 1.82) is 0 Å². The molecule has 0 saturated heterocycles. The van der Waals surface area contributed by atoms with Crippen LogP contribution in [0.3, 0.4) is 0 Å². The Labute approximate surface area is 138 Å². The number of esters is 2. The van der Waals surface area contributed by atoms with Crippen molar-refractivity contribution in [2.24, 2.45) is 22.7 Å². The van der Waals surface area contributed by atoms with Gasteiger partial charge in [0.05, 0.1) is 5.41 Å². The van der Waals surface area contributed by atoms with E-state index in [0.717, 1.165) is 25.7 Å². The molecule has 0 N–H and O–H groups in total. The van der Waals surface area contributed by atoms with Gasteiger partial charge in [-0.15, -0.1) is 0 Å². The maximum absolute atomic E-state index is 11.9. The van der Waals surface area contributed by atoms with Gasteiger partial charge in [0, 0.05) is 19.8 Å². The second-order valence-electron chi connectivity index (χ2n) is 8.56. The van der Waals surface area contributed by atoms with Crippen molar-refractivity contribution in [3.05, 3.63) is 11.6 Å². The van der Waals surface area contributed by atoms with Gasteiger partial charge in [0.15, 0.2) is 0 Å². The van der Waals surface area contributed by atoms with Gasteiger partial charge in [0.25, 0.3) is 0 Å². The normalized spacial score (nSPS) is 40.3. The Morgan fingerprint density at radius 2 is 1.87 bits per heavy atom. The topological polar surface area (TPSA) is 52.6 Å². The predicted molar refractivity (Wildman–Crippen MR) is 86.5 cm³/mol. The van der Waals surface area contributed by atoms with Crippen LogP contribution in [-0.2, 0) is 19.1 Å². The van der Waals surface area contributed by atoms with Crippen molar-refractivity contribution in [2.45, 2.75) is 65.9 Å². The van der Waals surface area contributed by atoms with E-state index in [2.05, 4.69) is 26.8 Å². The number of fused-ring (bicyclic) bond motifs is 2. The Kier molecular flexibility index (Phi) is 3.66. The molecule has 2 unspecified atom stereocenters. The minimum absolute atomic E-state index is 0.192. The van der Waals surface area contributed by atoms with Crippen LogP contribution in [0.2, 0.25) is 0 Å². The molecule has 4 atom stereocenters. The van der Waals surface area contributed by atoms with Gasteiger partial charge in [-0.25, -0.2) is 0 Å². The number of hydrogen-bond donors (Lipinski definition) is 0. The smallest absolute Gasteiger partial charge is 0.303 e. The van der Waals surface area contributed by atoms with Crippen LogP contribution < -0.4 is 0 Å². The first kappa shape index (κ1) is 16.5. The molecule has 0 radical (unpaired) electrons. The molecular formula is C19H28O4. The highest BCUT2D eigenvalue weighted by Crippen LogP contribution is 2.70. The van der Waals surface area contributed by atoms with Crippen molar-refractivity contribution in [1.82, 2.24) is 0 Å². The van der Waals surface area contributed by atoms with Crippen LogP contribution in [0.15, 0.2) is 11.6 Å². The largest absolute Gasteiger partial charge is 0.465 e. The summed E-state index contributed by atoms with van der Waals surface area (Å²) in [6.45, 7) is 10.1. The van der Waals surface area contributed by atoms with Crippen molar-refractivity contribution in [3.63, 3.8) is 0 Å². The lowest BCUT2D eigenvalue weighted by molar-refractivity contribution is -0.250. The zero-order valence-corrected chi connectivity index (χ0v) is 14.9. The Hall–Kier alpha value is -1.32. The average Bonchev–Trinajstić information content (AvgIpc) is 2.53. The van der Waals surface area contributed by atoms with Crippen molar-refractivity contribution >= 4 is 11.9 Å². The van der Waals surface area contributed by atoms with Gasteiger partial charge in [0.1, 0.15) is 12.2 Å². The lowest BCUT2D eigenvalue weighted by atomic mass is 9.44. The molecular weight excluding hydrogens is 292 g/mol. The van der Waals surface area contributed by atoms with Crippen molar-refractivity contribution in [3.8, 4) is 0 Å². The highest BCUT2D eigenvalue weighted by atomic mass is 16.6. The summed E-state index contributed by atoms with van der Waals surface area (Å²) in [5, 5.41) is 0. The molecule has 4 nitrogen and oxygen atoms in total. The number of carbonyl (C=O) groups excluding carboxylic acids is 2. The number of ether oxygens (including phenoxy) is 2. The fourth-order valence-corrected chi connectivity index (χ4v) is 5.54. The number of rotatable bonds is 3. The van der Waals surface area contributed by atoms with Gasteiger partial charge in [-0.05, 0) is 43.9 Å². The summed E-state index contributed by atoms with van der Waals surface area (Å²) in [7, 11) is 0. The Morgan fingerprint density at radius 1 is 1.17 bits per heavy atom. The minimum Gasteiger partial charge on any atom is -0.465 e. The molecule has 0 spiro atoms. The standard InChI is InChI=1S/C19H28O4/c1-12-8-15-9-17(4,5)10-16(12)18(11-22-13(2)20)6-7-19(15,18)23-14(3)21/h8,15-16H,6-7,9-11H2,1-5H3/t15?,16?,18-,19+/m1/s1. The van der Waals surface area contributed by atoms with Crippen LogP contribution >= 0.6 is 0 Å². The average molecular weight is 320 g/mol. The Balaban J connectivity index is 2.08. The third-order valence-electron chi connectivity index (χ3n) is 6.45. The molecule has 2 saturated carbocycles. The summed E-state index contributed by atoms with van der Waals surface area (Å²) in [5.41, 5.74) is 0.820. The van der Waals surface area contributed by atoms with Crippen LogP contribution in [0.4, 0.5) is 0 Å². The van der Waals surface area contributed by atoms with Gasteiger partial charge >= 0.3 is 11.9 Å². The van der Waals surface area contributed by atoms with Crippen LogP contribution in [0, 0.1) is 22.7 Å². The molecule has 0 aromatic carbocycles. The maximum Gasteiger partial charge on any atom is 0.303 e. The summed E-state index contributed by atoms with van der Waals surface area (Å²) in [5.74, 6) is 0.0329. The molecule has 23 heavy (non-hydrogen) atoms. The lowest BCUT2D eigenvalue weighted by Gasteiger charge is -2.64. The highest BCUT2D eigenvalue weighted by molar-refractivity contribution is 5.68. The van der Waals surface area contributed by atoms with E-state index in [0.29, 0.717) is 12.5 Å². The molecule has 4 aliphatic rings. The Morgan fingerprint density at radius 3 is 2.39 bits per heavy atom. The van der Waals surface area contributed by atoms with Gasteiger partial charge < -0.3 is 9.47 Å². The van der Waals surface area contributed by atoms with Gasteiger partial charge in [0.2, 0.25) is 0 Å². The first-order valence-corrected chi connectivity index (χ1v) is 8.63. The van der Waals surface area contributed by atoms with Gasteiger partial charge in [-0.3, -0.25) is 9.59 Å². The fraction of sp³-hybridized carbons (Fsp3) is 0.789. The van der Waals surface area contributed by atoms with E-state index in [1.165, 1.54) is 19.4 Å². The quantitative estimate of drug-likeness (QED) is 0.588. The summed E-state index contributed by atoms with van der Waals surface area (Å²) in [4.78, 5) is 23.3. The van der Waals surface area contributed by atoms with E-state index in [-0.39, 0.29) is 28.7 Å². The second-order valence-corrected chi connectivity index (χ2v) is 8.56. The molecule has 4 aliphatic carbocycles. The van der Waals surface area contributed by atoms with E-state index in [1.54, 1.807) is 0 Å². The summed E-state index contributed by atoms with van der Waals surface area (Å²) in [6.07, 6.45) is 6.21. The van der Waals surface area contributed by atoms with Crippen molar-refractivity contribution < 1.29 is 19.1 Å². The van der Waals surface area contributed by atoms with Crippen LogP contribution in [0.5, 0.6) is 0 Å². The van der Waals surface area contributed by atoms with Crippen LogP contribution in [-0.4, -0.2) is 24.1 Å². The molecule has 0 amide bonds. The van der Waals surface area contributed by atoms with Crippen LogP contribution in [0.1, 0.15) is 60.3 Å². The van der Waals surface area contributed by atoms with E-state index < -0.39 is 5.60 Å². The van der Waals surface area contributed by atoms with E-state index in [9.17, 15) is 9.59 Å². The summed E-state index contributed by atoms with van der Waals surface area (Å²) in [6, 6.07) is 0. The first-order chi connectivity index (χ1) is 10.6. The molecule has 128 valence electrons. The molecule has 2 bridgehead atoms. The molecule has 2 fully saturated rings. The third-order valence-corrected chi connectivity index (χ3v) is 6.45. The second kappa shape index (κ2) is 5.09. The molecule has 0 aromatic heterocycles. The van der Waals surface area contributed by atoms with E-state index >= 15 is 0 Å². The monoisotopic (exact) mass is 320 g/mol. The maximum atomic E-state index is 11.9. The molecule has 0 heterocycles. The first-order valence-electron chi connectivity index (χ1n) is 8.63. The molecule has 0 aliphatic heterocycles. The SMILES string of the molecule is CC(=O)OC[C@@]12CC[C@]1(OC(C)=O)C1C=C(C)C2CC(C)(C)C1. The zero-order valence-electron chi connectivity index (χ0n) is 14.9. The summed E-state index contributed by atoms with van der Waals surface area (Å²) < 4.78 is 11.5. The Bertz CT molecular complexity index is 576. The zero-order chi connectivity index (χ0) is 17.0. The number of hydrogen-bond acceptors (Lipinski definition) is 4. The third kappa shape index (κ3) is 2.33. The van der Waals surface area contributed by atoms with Crippen molar-refractivity contribution in [2.75, 3.05) is 6.61 Å². The summed E-state index contributed by atoms with van der Waals surface area (Å²) >= 11 is 0. The van der Waals surface area contributed by atoms with Crippen LogP contribution in [0.25, 0.3) is 0 Å². The van der Waals surface area contributed by atoms with E-state index in [1.807, 2.05) is 0 Å². The highest BCUT2D eigenvalue weighted by Gasteiger charge is 2.72. The number of carbonyl (C=O) groups is 2. The lowest BCUT2D eigenvalue weighted by Crippen LogP contribution is -2.69. The van der Waals surface area contributed by atoms with Gasteiger partial charge in [-0.2, -0.15) is 0 Å².